The van der Waals surface area contributed by atoms with Crippen molar-refractivity contribution in [3.8, 4) is 22.9 Å². The van der Waals surface area contributed by atoms with Crippen molar-refractivity contribution in [1.29, 1.82) is 0 Å². The molecule has 0 amide bonds. The highest BCUT2D eigenvalue weighted by molar-refractivity contribution is 6.84. The Balaban J connectivity index is 3.44. The van der Waals surface area contributed by atoms with Gasteiger partial charge in [0.1, 0.15) is 16.1 Å². The van der Waals surface area contributed by atoms with Crippen molar-refractivity contribution in [2.24, 2.45) is 0 Å². The third-order valence-electron chi connectivity index (χ3n) is 2.41. The first-order valence-electron chi connectivity index (χ1n) is 6.90. The van der Waals surface area contributed by atoms with E-state index in [2.05, 4.69) is 62.2 Å². The lowest BCUT2D eigenvalue weighted by Crippen LogP contribution is -2.25. The van der Waals surface area contributed by atoms with Crippen molar-refractivity contribution in [2.45, 2.75) is 39.3 Å². The quantitative estimate of drug-likeness (QED) is 0.590. The molecule has 0 aliphatic rings. The highest BCUT2D eigenvalue weighted by Gasteiger charge is 2.11. The number of aromatic carboxylic acids is 1. The normalized spacial score (nSPS) is 11.0. The summed E-state index contributed by atoms with van der Waals surface area (Å²) in [6.45, 7) is 12.7. The van der Waals surface area contributed by atoms with E-state index in [0.29, 0.717) is 11.1 Å². The minimum Gasteiger partial charge on any atom is -0.545 e. The number of benzene rings is 1. The van der Waals surface area contributed by atoms with Gasteiger partial charge in [0.15, 0.2) is 0 Å². The van der Waals surface area contributed by atoms with Gasteiger partial charge in [0, 0.05) is 16.7 Å². The van der Waals surface area contributed by atoms with Crippen LogP contribution in [-0.2, 0) is 0 Å². The smallest absolute Gasteiger partial charge is 0.129 e. The summed E-state index contributed by atoms with van der Waals surface area (Å²) in [6, 6.07) is 5.24. The Bertz CT molecular complexity index is 619. The number of carboxylic acids is 1. The Morgan fingerprint density at radius 2 is 1.29 bits per heavy atom. The minimum atomic E-state index is -1.57. The largest absolute Gasteiger partial charge is 0.545 e. The van der Waals surface area contributed by atoms with Gasteiger partial charge >= 0.3 is 0 Å². The molecule has 0 atom stereocenters. The summed E-state index contributed by atoms with van der Waals surface area (Å²) in [7, 11) is -3.13. The molecule has 0 aliphatic carbocycles. The molecule has 0 spiro atoms. The van der Waals surface area contributed by atoms with Crippen LogP contribution in [0.25, 0.3) is 0 Å². The maximum Gasteiger partial charge on any atom is 0.129 e. The molecule has 0 unspecified atom stereocenters. The number of carboxylic acid groups (broad SMARTS) is 1. The molecule has 2 nitrogen and oxygen atoms in total. The fourth-order valence-electron chi connectivity index (χ4n) is 1.49. The van der Waals surface area contributed by atoms with E-state index >= 15 is 0 Å². The lowest BCUT2D eigenvalue weighted by molar-refractivity contribution is -0.255. The fraction of sp³-hybridized carbons (Fsp3) is 0.353. The van der Waals surface area contributed by atoms with Crippen LogP contribution in [0.5, 0.6) is 0 Å². The van der Waals surface area contributed by atoms with Crippen LogP contribution in [0, 0.1) is 22.9 Å². The van der Waals surface area contributed by atoms with Crippen molar-refractivity contribution >= 4 is 22.1 Å². The first-order chi connectivity index (χ1) is 9.49. The third-order valence-corrected chi connectivity index (χ3v) is 4.16. The molecule has 0 fully saturated rings. The summed E-state index contributed by atoms with van der Waals surface area (Å²) in [4.78, 5) is 11.5. The highest BCUT2D eigenvalue weighted by atomic mass is 28.3. The van der Waals surface area contributed by atoms with Gasteiger partial charge in [-0.05, 0) is 12.1 Å². The second-order valence-corrected chi connectivity index (χ2v) is 16.5. The van der Waals surface area contributed by atoms with Gasteiger partial charge in [0.25, 0.3) is 0 Å². The Morgan fingerprint density at radius 3 is 1.57 bits per heavy atom. The molecule has 0 aromatic heterocycles. The van der Waals surface area contributed by atoms with Crippen molar-refractivity contribution in [3.63, 3.8) is 0 Å². The van der Waals surface area contributed by atoms with Crippen LogP contribution in [0.3, 0.4) is 0 Å². The molecule has 1 aromatic carbocycles. The number of carbonyl (C=O) groups is 1. The Kier molecular flexibility index (Phi) is 5.22. The van der Waals surface area contributed by atoms with Gasteiger partial charge < -0.3 is 9.90 Å². The molecule has 1 aromatic rings. The van der Waals surface area contributed by atoms with Gasteiger partial charge in [0.2, 0.25) is 0 Å². The van der Waals surface area contributed by atoms with Crippen LogP contribution < -0.4 is 5.11 Å². The number of rotatable bonds is 1. The van der Waals surface area contributed by atoms with Gasteiger partial charge in [-0.3, -0.25) is 0 Å². The van der Waals surface area contributed by atoms with E-state index in [4.69, 9.17) is 0 Å². The van der Waals surface area contributed by atoms with Gasteiger partial charge in [-0.1, -0.05) is 57.2 Å². The molecule has 0 saturated heterocycles. The van der Waals surface area contributed by atoms with E-state index in [1.807, 2.05) is 0 Å². The second-order valence-electron chi connectivity index (χ2n) is 7.02. The minimum absolute atomic E-state index is 0.119. The molecule has 1 rings (SSSR count). The van der Waals surface area contributed by atoms with Gasteiger partial charge in [-0.15, -0.1) is 11.1 Å². The van der Waals surface area contributed by atoms with E-state index in [1.165, 1.54) is 0 Å². The second kappa shape index (κ2) is 6.34. The summed E-state index contributed by atoms with van der Waals surface area (Å²) < 4.78 is 0. The zero-order chi connectivity index (χ0) is 16.3. The Morgan fingerprint density at radius 1 is 0.905 bits per heavy atom. The van der Waals surface area contributed by atoms with E-state index in [9.17, 15) is 9.90 Å². The molecule has 110 valence electrons. The first-order valence-corrected chi connectivity index (χ1v) is 13.9. The molecule has 0 heterocycles. The van der Waals surface area contributed by atoms with Crippen molar-refractivity contribution < 1.29 is 9.90 Å². The molecule has 0 N–H and O–H groups in total. The molecule has 0 saturated carbocycles. The summed E-state index contributed by atoms with van der Waals surface area (Å²) in [5.74, 6) is 4.80. The van der Waals surface area contributed by atoms with Gasteiger partial charge in [-0.25, -0.2) is 0 Å². The molecule has 0 aliphatic heterocycles. The van der Waals surface area contributed by atoms with E-state index in [1.54, 1.807) is 18.2 Å². The van der Waals surface area contributed by atoms with Crippen molar-refractivity contribution in [3.05, 3.63) is 34.9 Å². The maximum absolute atomic E-state index is 11.5. The van der Waals surface area contributed by atoms with Crippen LogP contribution >= 0.6 is 0 Å². The fourth-order valence-corrected chi connectivity index (χ4v) is 2.51. The highest BCUT2D eigenvalue weighted by Crippen LogP contribution is 2.14. The monoisotopic (exact) mass is 313 g/mol. The Labute approximate surface area is 129 Å². The summed E-state index contributed by atoms with van der Waals surface area (Å²) in [5.41, 5.74) is 7.50. The lowest BCUT2D eigenvalue weighted by Gasteiger charge is -2.10. The summed E-state index contributed by atoms with van der Waals surface area (Å²) in [6.07, 6.45) is 0. The first kappa shape index (κ1) is 17.3. The third kappa shape index (κ3) is 6.03. The predicted molar refractivity (Wildman–Crippen MR) is 91.2 cm³/mol. The van der Waals surface area contributed by atoms with Crippen LogP contribution in [0.2, 0.25) is 39.3 Å². The van der Waals surface area contributed by atoms with E-state index in [-0.39, 0.29) is 5.56 Å². The number of carbonyl (C=O) groups excluding carboxylic acids is 1. The van der Waals surface area contributed by atoms with Gasteiger partial charge in [-0.2, -0.15) is 0 Å². The average molecular weight is 314 g/mol. The molecular formula is C17H21O2Si2-. The molecule has 0 radical (unpaired) electrons. The SMILES string of the molecule is C[Si](C)(C)C#Cc1cccc(C#C[Si](C)(C)C)c1C(=O)[O-]. The van der Waals surface area contributed by atoms with Crippen LogP contribution in [0.1, 0.15) is 21.5 Å². The van der Waals surface area contributed by atoms with Crippen LogP contribution in [0.15, 0.2) is 18.2 Å². The predicted octanol–water partition coefficient (Wildman–Crippen LogP) is 2.51. The van der Waals surface area contributed by atoms with Crippen molar-refractivity contribution in [2.75, 3.05) is 0 Å². The topological polar surface area (TPSA) is 40.1 Å². The van der Waals surface area contributed by atoms with E-state index in [0.717, 1.165) is 0 Å². The zero-order valence-electron chi connectivity index (χ0n) is 13.5. The van der Waals surface area contributed by atoms with E-state index < -0.39 is 22.1 Å². The zero-order valence-corrected chi connectivity index (χ0v) is 15.5. The molecule has 0 bridgehead atoms. The van der Waals surface area contributed by atoms with Gasteiger partial charge in [0.05, 0.1) is 5.97 Å². The van der Waals surface area contributed by atoms with Crippen LogP contribution in [-0.4, -0.2) is 22.1 Å². The number of hydrogen-bond donors (Lipinski definition) is 0. The number of hydrogen-bond acceptors (Lipinski definition) is 2. The molecule has 4 heteroatoms. The van der Waals surface area contributed by atoms with Crippen molar-refractivity contribution in [1.82, 2.24) is 0 Å². The molecular weight excluding hydrogens is 292 g/mol. The summed E-state index contributed by atoms with van der Waals surface area (Å²) in [5, 5.41) is 11.5. The molecule has 21 heavy (non-hydrogen) atoms. The Hall–Kier alpha value is -1.76. The summed E-state index contributed by atoms with van der Waals surface area (Å²) >= 11 is 0. The standard InChI is InChI=1S/C17H22O2Si2/c1-20(2,3)12-10-14-8-7-9-15(16(14)17(18)19)11-13-21(4,5)6/h7-9H,1-6H3,(H,18,19)/p-1. The maximum atomic E-state index is 11.5. The lowest BCUT2D eigenvalue weighted by atomic mass is 10.0. The van der Waals surface area contributed by atoms with Crippen LogP contribution in [0.4, 0.5) is 0 Å². The average Bonchev–Trinajstić information content (AvgIpc) is 2.31.